The third-order valence-corrected chi connectivity index (χ3v) is 2.89. The molecule has 2 amide bonds. The second kappa shape index (κ2) is 7.71. The minimum Gasteiger partial charge on any atom is -0.338 e. The van der Waals surface area contributed by atoms with Gasteiger partial charge in [0.05, 0.1) is 0 Å². The SMILES string of the molecule is CCCNC(=O)N(CC)Cc1ccccc1CN. The summed E-state index contributed by atoms with van der Waals surface area (Å²) in [5.74, 6) is 0. The zero-order valence-corrected chi connectivity index (χ0v) is 11.3. The van der Waals surface area contributed by atoms with Gasteiger partial charge < -0.3 is 16.0 Å². The number of carbonyl (C=O) groups excluding carboxylic acids is 1. The van der Waals surface area contributed by atoms with Crippen LogP contribution in [0.5, 0.6) is 0 Å². The standard InChI is InChI=1S/C14H23N3O/c1-3-9-16-14(18)17(4-2)11-13-8-6-5-7-12(13)10-15/h5-8H,3-4,9-11,15H2,1-2H3,(H,16,18). The molecule has 0 spiro atoms. The number of hydrogen-bond donors (Lipinski definition) is 2. The lowest BCUT2D eigenvalue weighted by Crippen LogP contribution is -2.39. The normalized spacial score (nSPS) is 10.2. The van der Waals surface area contributed by atoms with Crippen molar-refractivity contribution in [3.05, 3.63) is 35.4 Å². The van der Waals surface area contributed by atoms with Crippen molar-refractivity contribution >= 4 is 6.03 Å². The number of nitrogens with one attached hydrogen (secondary N) is 1. The monoisotopic (exact) mass is 249 g/mol. The van der Waals surface area contributed by atoms with Crippen molar-refractivity contribution in [1.29, 1.82) is 0 Å². The molecule has 18 heavy (non-hydrogen) atoms. The molecular weight excluding hydrogens is 226 g/mol. The van der Waals surface area contributed by atoms with Crippen LogP contribution in [0.3, 0.4) is 0 Å². The average molecular weight is 249 g/mol. The van der Waals surface area contributed by atoms with Crippen molar-refractivity contribution in [3.8, 4) is 0 Å². The summed E-state index contributed by atoms with van der Waals surface area (Å²) in [4.78, 5) is 13.7. The molecule has 100 valence electrons. The maximum absolute atomic E-state index is 11.9. The molecule has 0 saturated carbocycles. The highest BCUT2D eigenvalue weighted by Crippen LogP contribution is 2.11. The number of hydrogen-bond acceptors (Lipinski definition) is 2. The van der Waals surface area contributed by atoms with Crippen LogP contribution in [0.25, 0.3) is 0 Å². The van der Waals surface area contributed by atoms with Crippen LogP contribution in [0.1, 0.15) is 31.4 Å². The van der Waals surface area contributed by atoms with Gasteiger partial charge in [0.2, 0.25) is 0 Å². The Hall–Kier alpha value is -1.55. The van der Waals surface area contributed by atoms with E-state index >= 15 is 0 Å². The molecule has 0 aliphatic rings. The van der Waals surface area contributed by atoms with Crippen LogP contribution in [0.15, 0.2) is 24.3 Å². The summed E-state index contributed by atoms with van der Waals surface area (Å²) in [6.07, 6.45) is 0.947. The van der Waals surface area contributed by atoms with E-state index in [1.165, 1.54) is 0 Å². The van der Waals surface area contributed by atoms with Crippen LogP contribution < -0.4 is 11.1 Å². The Bertz CT molecular complexity index is 379. The Morgan fingerprint density at radius 3 is 2.50 bits per heavy atom. The number of amides is 2. The van der Waals surface area contributed by atoms with E-state index in [9.17, 15) is 4.79 Å². The van der Waals surface area contributed by atoms with Gasteiger partial charge in [-0.3, -0.25) is 0 Å². The van der Waals surface area contributed by atoms with Crippen molar-refractivity contribution in [2.45, 2.75) is 33.4 Å². The fourth-order valence-corrected chi connectivity index (χ4v) is 1.79. The van der Waals surface area contributed by atoms with Crippen LogP contribution in [0, 0.1) is 0 Å². The second-order valence-electron chi connectivity index (χ2n) is 4.22. The molecule has 0 unspecified atom stereocenters. The van der Waals surface area contributed by atoms with E-state index in [0.29, 0.717) is 26.2 Å². The zero-order valence-electron chi connectivity index (χ0n) is 11.3. The van der Waals surface area contributed by atoms with Crippen molar-refractivity contribution in [1.82, 2.24) is 10.2 Å². The van der Waals surface area contributed by atoms with Gasteiger partial charge in [-0.25, -0.2) is 4.79 Å². The van der Waals surface area contributed by atoms with Gasteiger partial charge >= 0.3 is 6.03 Å². The molecule has 0 bridgehead atoms. The predicted octanol–water partition coefficient (Wildman–Crippen LogP) is 2.09. The van der Waals surface area contributed by atoms with Gasteiger partial charge in [0.1, 0.15) is 0 Å². The Labute approximate surface area is 109 Å². The number of urea groups is 1. The number of benzene rings is 1. The lowest BCUT2D eigenvalue weighted by Gasteiger charge is -2.22. The molecule has 0 atom stereocenters. The van der Waals surface area contributed by atoms with Gasteiger partial charge in [-0.15, -0.1) is 0 Å². The Balaban J connectivity index is 2.70. The molecule has 4 heteroatoms. The molecule has 4 nitrogen and oxygen atoms in total. The highest BCUT2D eigenvalue weighted by molar-refractivity contribution is 5.74. The van der Waals surface area contributed by atoms with Gasteiger partial charge in [0, 0.05) is 26.2 Å². The highest BCUT2D eigenvalue weighted by Gasteiger charge is 2.12. The molecule has 0 fully saturated rings. The van der Waals surface area contributed by atoms with Crippen LogP contribution in [-0.2, 0) is 13.1 Å². The quantitative estimate of drug-likeness (QED) is 0.811. The summed E-state index contributed by atoms with van der Waals surface area (Å²) in [6, 6.07) is 7.97. The number of carbonyl (C=O) groups is 1. The van der Waals surface area contributed by atoms with Crippen LogP contribution in [0.2, 0.25) is 0 Å². The topological polar surface area (TPSA) is 58.4 Å². The van der Waals surface area contributed by atoms with Crippen LogP contribution in [0.4, 0.5) is 4.79 Å². The Morgan fingerprint density at radius 1 is 1.28 bits per heavy atom. The predicted molar refractivity (Wildman–Crippen MR) is 74.1 cm³/mol. The minimum atomic E-state index is -0.00817. The summed E-state index contributed by atoms with van der Waals surface area (Å²) < 4.78 is 0. The summed E-state index contributed by atoms with van der Waals surface area (Å²) in [5, 5.41) is 2.90. The van der Waals surface area contributed by atoms with E-state index in [0.717, 1.165) is 17.5 Å². The first-order valence-corrected chi connectivity index (χ1v) is 6.52. The third kappa shape index (κ3) is 4.04. The molecular formula is C14H23N3O. The van der Waals surface area contributed by atoms with Crippen LogP contribution >= 0.6 is 0 Å². The summed E-state index contributed by atoms with van der Waals surface area (Å²) in [6.45, 7) is 6.54. The molecule has 0 aliphatic heterocycles. The molecule has 1 rings (SSSR count). The van der Waals surface area contributed by atoms with E-state index in [1.54, 1.807) is 4.90 Å². The fourth-order valence-electron chi connectivity index (χ4n) is 1.79. The second-order valence-corrected chi connectivity index (χ2v) is 4.22. The Morgan fingerprint density at radius 2 is 1.94 bits per heavy atom. The summed E-state index contributed by atoms with van der Waals surface area (Å²) in [7, 11) is 0. The van der Waals surface area contributed by atoms with E-state index in [1.807, 2.05) is 38.1 Å². The van der Waals surface area contributed by atoms with E-state index < -0.39 is 0 Å². The summed E-state index contributed by atoms with van der Waals surface area (Å²) in [5.41, 5.74) is 7.92. The van der Waals surface area contributed by atoms with Crippen molar-refractivity contribution in [3.63, 3.8) is 0 Å². The van der Waals surface area contributed by atoms with Gasteiger partial charge in [-0.2, -0.15) is 0 Å². The maximum atomic E-state index is 11.9. The van der Waals surface area contributed by atoms with Gasteiger partial charge in [0.25, 0.3) is 0 Å². The smallest absolute Gasteiger partial charge is 0.317 e. The molecule has 0 radical (unpaired) electrons. The first kappa shape index (κ1) is 14.5. The number of nitrogens with zero attached hydrogens (tertiary/aromatic N) is 1. The molecule has 0 aromatic heterocycles. The average Bonchev–Trinajstić information content (AvgIpc) is 2.42. The number of rotatable bonds is 6. The highest BCUT2D eigenvalue weighted by atomic mass is 16.2. The van der Waals surface area contributed by atoms with Gasteiger partial charge in [-0.1, -0.05) is 31.2 Å². The summed E-state index contributed by atoms with van der Waals surface area (Å²) >= 11 is 0. The lowest BCUT2D eigenvalue weighted by atomic mass is 10.1. The van der Waals surface area contributed by atoms with Crippen molar-refractivity contribution in [2.75, 3.05) is 13.1 Å². The van der Waals surface area contributed by atoms with Crippen LogP contribution in [-0.4, -0.2) is 24.0 Å². The zero-order chi connectivity index (χ0) is 13.4. The van der Waals surface area contributed by atoms with Gasteiger partial charge in [0.15, 0.2) is 0 Å². The molecule has 0 saturated heterocycles. The van der Waals surface area contributed by atoms with E-state index in [2.05, 4.69) is 5.32 Å². The molecule has 0 aliphatic carbocycles. The Kier molecular flexibility index (Phi) is 6.22. The molecule has 3 N–H and O–H groups in total. The fraction of sp³-hybridized carbons (Fsp3) is 0.500. The lowest BCUT2D eigenvalue weighted by molar-refractivity contribution is 0.198. The first-order chi connectivity index (χ1) is 8.72. The minimum absolute atomic E-state index is 0.00817. The molecule has 0 heterocycles. The van der Waals surface area contributed by atoms with Crippen molar-refractivity contribution < 1.29 is 4.79 Å². The maximum Gasteiger partial charge on any atom is 0.317 e. The largest absolute Gasteiger partial charge is 0.338 e. The molecule has 1 aromatic rings. The van der Waals surface area contributed by atoms with Crippen molar-refractivity contribution in [2.24, 2.45) is 5.73 Å². The van der Waals surface area contributed by atoms with Gasteiger partial charge in [-0.05, 0) is 24.5 Å². The van der Waals surface area contributed by atoms with E-state index in [4.69, 9.17) is 5.73 Å². The van der Waals surface area contributed by atoms with E-state index in [-0.39, 0.29) is 6.03 Å². The third-order valence-electron chi connectivity index (χ3n) is 2.89. The first-order valence-electron chi connectivity index (χ1n) is 6.52. The molecule has 1 aromatic carbocycles. The number of nitrogens with two attached hydrogens (primary N) is 1.